The number of guanidine groups is 1. The summed E-state index contributed by atoms with van der Waals surface area (Å²) in [6, 6.07) is 7.35. The maximum Gasteiger partial charge on any atom is 0.226 e. The number of ether oxygens (including phenoxy) is 1. The minimum Gasteiger partial charge on any atom is -0.492 e. The second kappa shape index (κ2) is 10.8. The average molecular weight is 394 g/mol. The lowest BCUT2D eigenvalue weighted by Crippen LogP contribution is -2.41. The number of aromatic nitrogens is 2. The van der Waals surface area contributed by atoms with Gasteiger partial charge in [0.05, 0.1) is 6.54 Å². The fourth-order valence-corrected chi connectivity index (χ4v) is 2.49. The molecule has 0 amide bonds. The van der Waals surface area contributed by atoms with Crippen molar-refractivity contribution < 1.29 is 9.26 Å². The lowest BCUT2D eigenvalue weighted by molar-refractivity contribution is 0.281. The summed E-state index contributed by atoms with van der Waals surface area (Å²) in [6.45, 7) is 6.14. The molecular weight excluding hydrogens is 366 g/mol. The summed E-state index contributed by atoms with van der Waals surface area (Å²) in [5, 5.41) is 8.02. The molecule has 2 aromatic rings. The Kier molecular flexibility index (Phi) is 8.39. The van der Waals surface area contributed by atoms with Crippen molar-refractivity contribution in [1.29, 1.82) is 0 Å². The second-order valence-electron chi connectivity index (χ2n) is 6.50. The van der Waals surface area contributed by atoms with Crippen molar-refractivity contribution in [3.8, 4) is 5.75 Å². The molecule has 7 nitrogen and oxygen atoms in total. The van der Waals surface area contributed by atoms with E-state index in [1.54, 1.807) is 7.05 Å². The van der Waals surface area contributed by atoms with Crippen LogP contribution in [0.3, 0.4) is 0 Å². The monoisotopic (exact) mass is 393 g/mol. The molecule has 0 bridgehead atoms. The van der Waals surface area contributed by atoms with Gasteiger partial charge in [0.1, 0.15) is 12.4 Å². The van der Waals surface area contributed by atoms with Gasteiger partial charge in [0.25, 0.3) is 0 Å². The normalized spacial score (nSPS) is 11.7. The minimum absolute atomic E-state index is 0.281. The standard InChI is InChI=1S/C19H28ClN5O2/c1-14(2)18-23-17(27-24-18)6-5-11-22-19(21-3)25(4)12-13-26-16-9-7-15(20)8-10-16/h7-10,14H,5-6,11-13H2,1-4H3,(H,21,22). The Morgan fingerprint density at radius 1 is 1.33 bits per heavy atom. The third kappa shape index (κ3) is 7.09. The van der Waals surface area contributed by atoms with E-state index < -0.39 is 0 Å². The summed E-state index contributed by atoms with van der Waals surface area (Å²) in [4.78, 5) is 10.7. The molecule has 0 saturated heterocycles. The van der Waals surface area contributed by atoms with Crippen LogP contribution in [0, 0.1) is 0 Å². The van der Waals surface area contributed by atoms with Crippen LogP contribution in [0.4, 0.5) is 0 Å². The molecular formula is C19H28ClN5O2. The molecule has 1 heterocycles. The molecule has 0 radical (unpaired) electrons. The fourth-order valence-electron chi connectivity index (χ4n) is 2.37. The van der Waals surface area contributed by atoms with Crippen LogP contribution in [0.5, 0.6) is 5.75 Å². The summed E-state index contributed by atoms with van der Waals surface area (Å²) in [5.74, 6) is 3.34. The van der Waals surface area contributed by atoms with Crippen LogP contribution in [0.1, 0.15) is 37.9 Å². The Labute approximate surface area is 165 Å². The Morgan fingerprint density at radius 2 is 2.07 bits per heavy atom. The van der Waals surface area contributed by atoms with Gasteiger partial charge in [-0.05, 0) is 30.7 Å². The van der Waals surface area contributed by atoms with Crippen molar-refractivity contribution in [1.82, 2.24) is 20.4 Å². The zero-order valence-corrected chi connectivity index (χ0v) is 17.2. The number of nitrogens with one attached hydrogen (secondary N) is 1. The van der Waals surface area contributed by atoms with Crippen molar-refractivity contribution in [2.24, 2.45) is 4.99 Å². The average Bonchev–Trinajstić information content (AvgIpc) is 3.12. The molecule has 148 valence electrons. The number of halogens is 1. The van der Waals surface area contributed by atoms with Crippen LogP contribution < -0.4 is 10.1 Å². The van der Waals surface area contributed by atoms with E-state index in [-0.39, 0.29) is 5.92 Å². The van der Waals surface area contributed by atoms with Gasteiger partial charge < -0.3 is 19.5 Å². The number of aryl methyl sites for hydroxylation is 1. The van der Waals surface area contributed by atoms with Gasteiger partial charge in [0.15, 0.2) is 11.8 Å². The van der Waals surface area contributed by atoms with E-state index in [0.717, 1.165) is 36.9 Å². The first-order valence-corrected chi connectivity index (χ1v) is 9.50. The number of aliphatic imine (C=N–C) groups is 1. The topological polar surface area (TPSA) is 75.8 Å². The Morgan fingerprint density at radius 3 is 2.70 bits per heavy atom. The molecule has 0 atom stereocenters. The molecule has 0 aliphatic heterocycles. The molecule has 1 aromatic heterocycles. The van der Waals surface area contributed by atoms with Crippen molar-refractivity contribution in [2.75, 3.05) is 33.8 Å². The zero-order valence-electron chi connectivity index (χ0n) is 16.4. The summed E-state index contributed by atoms with van der Waals surface area (Å²) >= 11 is 5.87. The Balaban J connectivity index is 1.66. The van der Waals surface area contributed by atoms with E-state index in [0.29, 0.717) is 24.1 Å². The summed E-state index contributed by atoms with van der Waals surface area (Å²) in [7, 11) is 3.75. The Hall–Kier alpha value is -2.28. The van der Waals surface area contributed by atoms with E-state index in [9.17, 15) is 0 Å². The first-order chi connectivity index (χ1) is 13.0. The van der Waals surface area contributed by atoms with Gasteiger partial charge in [-0.1, -0.05) is 30.6 Å². The third-order valence-electron chi connectivity index (χ3n) is 3.93. The van der Waals surface area contributed by atoms with E-state index in [1.807, 2.05) is 50.1 Å². The SMILES string of the molecule is CN=C(NCCCc1nc(C(C)C)no1)N(C)CCOc1ccc(Cl)cc1. The lowest BCUT2D eigenvalue weighted by Gasteiger charge is -2.22. The highest BCUT2D eigenvalue weighted by Crippen LogP contribution is 2.15. The van der Waals surface area contributed by atoms with Crippen LogP contribution >= 0.6 is 11.6 Å². The van der Waals surface area contributed by atoms with E-state index in [1.165, 1.54) is 0 Å². The predicted octanol–water partition coefficient (Wildman–Crippen LogP) is 3.37. The predicted molar refractivity (Wildman–Crippen MR) is 108 cm³/mol. The van der Waals surface area contributed by atoms with Crippen LogP contribution in [0.25, 0.3) is 0 Å². The van der Waals surface area contributed by atoms with Gasteiger partial charge in [-0.15, -0.1) is 0 Å². The van der Waals surface area contributed by atoms with Gasteiger partial charge >= 0.3 is 0 Å². The molecule has 0 aliphatic rings. The molecule has 0 unspecified atom stereocenters. The lowest BCUT2D eigenvalue weighted by atomic mass is 10.2. The van der Waals surface area contributed by atoms with Crippen molar-refractivity contribution >= 4 is 17.6 Å². The van der Waals surface area contributed by atoms with Crippen molar-refractivity contribution in [2.45, 2.75) is 32.6 Å². The molecule has 0 aliphatic carbocycles. The highest BCUT2D eigenvalue weighted by molar-refractivity contribution is 6.30. The quantitative estimate of drug-likeness (QED) is 0.400. The fraction of sp³-hybridized carbons (Fsp3) is 0.526. The van der Waals surface area contributed by atoms with E-state index >= 15 is 0 Å². The smallest absolute Gasteiger partial charge is 0.226 e. The maximum absolute atomic E-state index is 5.87. The number of hydrogen-bond donors (Lipinski definition) is 1. The second-order valence-corrected chi connectivity index (χ2v) is 6.94. The van der Waals surface area contributed by atoms with Crippen LogP contribution in [0.2, 0.25) is 5.02 Å². The molecule has 1 aromatic carbocycles. The molecule has 1 N–H and O–H groups in total. The largest absolute Gasteiger partial charge is 0.492 e. The molecule has 0 fully saturated rings. The highest BCUT2D eigenvalue weighted by atomic mass is 35.5. The van der Waals surface area contributed by atoms with Crippen molar-refractivity contribution in [3.63, 3.8) is 0 Å². The van der Waals surface area contributed by atoms with Gasteiger partial charge in [0, 0.05) is 38.0 Å². The Bertz CT molecular complexity index is 715. The summed E-state index contributed by atoms with van der Waals surface area (Å²) < 4.78 is 11.0. The van der Waals surface area contributed by atoms with Crippen LogP contribution in [-0.2, 0) is 6.42 Å². The van der Waals surface area contributed by atoms with E-state index in [2.05, 4.69) is 20.4 Å². The molecule has 0 saturated carbocycles. The van der Waals surface area contributed by atoms with Crippen molar-refractivity contribution in [3.05, 3.63) is 41.0 Å². The van der Waals surface area contributed by atoms with Gasteiger partial charge in [-0.3, -0.25) is 4.99 Å². The van der Waals surface area contributed by atoms with Gasteiger partial charge in [0.2, 0.25) is 5.89 Å². The third-order valence-corrected chi connectivity index (χ3v) is 4.19. The van der Waals surface area contributed by atoms with Crippen LogP contribution in [0.15, 0.2) is 33.8 Å². The van der Waals surface area contributed by atoms with Gasteiger partial charge in [-0.2, -0.15) is 4.98 Å². The number of benzene rings is 1. The molecule has 2 rings (SSSR count). The number of rotatable bonds is 9. The zero-order chi connectivity index (χ0) is 19.6. The number of hydrogen-bond acceptors (Lipinski definition) is 5. The number of nitrogens with zero attached hydrogens (tertiary/aromatic N) is 4. The maximum atomic E-state index is 5.87. The summed E-state index contributed by atoms with van der Waals surface area (Å²) in [5.41, 5.74) is 0. The first-order valence-electron chi connectivity index (χ1n) is 9.12. The van der Waals surface area contributed by atoms with Gasteiger partial charge in [-0.25, -0.2) is 0 Å². The highest BCUT2D eigenvalue weighted by Gasteiger charge is 2.10. The molecule has 27 heavy (non-hydrogen) atoms. The first kappa shape index (κ1) is 21.0. The van der Waals surface area contributed by atoms with Crippen LogP contribution in [-0.4, -0.2) is 54.8 Å². The number of likely N-dealkylation sites (N-methyl/N-ethyl adjacent to an activating group) is 1. The molecule has 0 spiro atoms. The summed E-state index contributed by atoms with van der Waals surface area (Å²) in [6.07, 6.45) is 1.63. The molecule has 8 heteroatoms. The minimum atomic E-state index is 0.281. The van der Waals surface area contributed by atoms with E-state index in [4.69, 9.17) is 20.9 Å².